The third-order valence-corrected chi connectivity index (χ3v) is 4.45. The number of rotatable bonds is 6. The summed E-state index contributed by atoms with van der Waals surface area (Å²) in [6.45, 7) is 4.78. The van der Waals surface area contributed by atoms with Crippen molar-refractivity contribution < 1.29 is 33.4 Å². The normalized spacial score (nSPS) is 13.2. The SMILES string of the molecule is COC(=O)CCN(CC(=O)OC)C(=O)c1ccc2c(c1)C(=O)N(C(C)(C)C)C2=O. The van der Waals surface area contributed by atoms with Crippen molar-refractivity contribution >= 4 is 29.7 Å². The van der Waals surface area contributed by atoms with Gasteiger partial charge in [-0.25, -0.2) is 0 Å². The fraction of sp³-hybridized carbons (Fsp3) is 0.450. The number of amides is 3. The molecule has 1 aliphatic rings. The number of carbonyl (C=O) groups is 5. The Bertz CT molecular complexity index is 870. The highest BCUT2D eigenvalue weighted by Crippen LogP contribution is 2.30. The molecule has 0 spiro atoms. The van der Waals surface area contributed by atoms with E-state index >= 15 is 0 Å². The first-order valence-electron chi connectivity index (χ1n) is 8.97. The zero-order valence-electron chi connectivity index (χ0n) is 17.1. The Morgan fingerprint density at radius 1 is 0.966 bits per heavy atom. The van der Waals surface area contributed by atoms with Gasteiger partial charge in [-0.05, 0) is 39.0 Å². The lowest BCUT2D eigenvalue weighted by atomic mass is 10.0. The van der Waals surface area contributed by atoms with Crippen molar-refractivity contribution in [2.45, 2.75) is 32.7 Å². The van der Waals surface area contributed by atoms with Crippen LogP contribution in [0.2, 0.25) is 0 Å². The van der Waals surface area contributed by atoms with Gasteiger partial charge in [-0.2, -0.15) is 0 Å². The van der Waals surface area contributed by atoms with Crippen LogP contribution in [0.5, 0.6) is 0 Å². The van der Waals surface area contributed by atoms with E-state index in [1.807, 2.05) is 0 Å². The molecule has 0 fully saturated rings. The Morgan fingerprint density at radius 3 is 2.10 bits per heavy atom. The van der Waals surface area contributed by atoms with Crippen LogP contribution in [-0.4, -0.2) is 72.3 Å². The van der Waals surface area contributed by atoms with E-state index in [2.05, 4.69) is 9.47 Å². The number of hydrogen-bond acceptors (Lipinski definition) is 7. The molecule has 156 valence electrons. The van der Waals surface area contributed by atoms with Crippen LogP contribution in [0.1, 0.15) is 58.3 Å². The number of benzene rings is 1. The molecule has 1 aromatic carbocycles. The highest BCUT2D eigenvalue weighted by molar-refractivity contribution is 6.22. The van der Waals surface area contributed by atoms with Crippen LogP contribution >= 0.6 is 0 Å². The van der Waals surface area contributed by atoms with Gasteiger partial charge in [0.25, 0.3) is 17.7 Å². The number of imide groups is 1. The number of methoxy groups -OCH3 is 2. The third-order valence-electron chi connectivity index (χ3n) is 4.45. The minimum Gasteiger partial charge on any atom is -0.469 e. The maximum Gasteiger partial charge on any atom is 0.325 e. The van der Waals surface area contributed by atoms with E-state index in [0.717, 1.165) is 9.80 Å². The van der Waals surface area contributed by atoms with E-state index < -0.39 is 35.2 Å². The van der Waals surface area contributed by atoms with Gasteiger partial charge in [-0.3, -0.25) is 28.9 Å². The summed E-state index contributed by atoms with van der Waals surface area (Å²) in [6, 6.07) is 4.18. The van der Waals surface area contributed by atoms with Gasteiger partial charge < -0.3 is 14.4 Å². The second-order valence-corrected chi connectivity index (χ2v) is 7.51. The van der Waals surface area contributed by atoms with E-state index in [1.165, 1.54) is 32.4 Å². The minimum absolute atomic E-state index is 0.0707. The Balaban J connectivity index is 2.33. The van der Waals surface area contributed by atoms with E-state index in [0.29, 0.717) is 0 Å². The summed E-state index contributed by atoms with van der Waals surface area (Å²) in [5.74, 6) is -2.68. The van der Waals surface area contributed by atoms with Gasteiger partial charge in [-0.1, -0.05) is 0 Å². The van der Waals surface area contributed by atoms with Gasteiger partial charge in [0.05, 0.1) is 31.8 Å². The number of nitrogens with zero attached hydrogens (tertiary/aromatic N) is 2. The van der Waals surface area contributed by atoms with Crippen molar-refractivity contribution in [2.24, 2.45) is 0 Å². The molecule has 2 rings (SSSR count). The number of fused-ring (bicyclic) bond motifs is 1. The van der Waals surface area contributed by atoms with E-state index in [-0.39, 0.29) is 36.2 Å². The third kappa shape index (κ3) is 4.61. The molecule has 0 N–H and O–H groups in total. The molecule has 0 saturated heterocycles. The Morgan fingerprint density at radius 2 is 1.55 bits per heavy atom. The van der Waals surface area contributed by atoms with Gasteiger partial charge >= 0.3 is 11.9 Å². The molecular weight excluding hydrogens is 380 g/mol. The summed E-state index contributed by atoms with van der Waals surface area (Å²) >= 11 is 0. The van der Waals surface area contributed by atoms with Crippen molar-refractivity contribution in [3.63, 3.8) is 0 Å². The maximum absolute atomic E-state index is 12.9. The van der Waals surface area contributed by atoms with Crippen molar-refractivity contribution in [1.29, 1.82) is 0 Å². The van der Waals surface area contributed by atoms with Crippen LogP contribution in [0.3, 0.4) is 0 Å². The highest BCUT2D eigenvalue weighted by Gasteiger charge is 2.42. The van der Waals surface area contributed by atoms with Gasteiger partial charge in [0.15, 0.2) is 0 Å². The Hall–Kier alpha value is -3.23. The van der Waals surface area contributed by atoms with Crippen LogP contribution in [-0.2, 0) is 19.1 Å². The predicted octanol–water partition coefficient (Wildman–Crippen LogP) is 1.26. The molecule has 9 heteroatoms. The van der Waals surface area contributed by atoms with Gasteiger partial charge in [-0.15, -0.1) is 0 Å². The zero-order valence-corrected chi connectivity index (χ0v) is 17.1. The molecule has 3 amide bonds. The average molecular weight is 404 g/mol. The van der Waals surface area contributed by atoms with Crippen molar-refractivity contribution in [3.05, 3.63) is 34.9 Å². The topological polar surface area (TPSA) is 110 Å². The summed E-state index contributed by atoms with van der Waals surface area (Å²) in [5, 5.41) is 0. The van der Waals surface area contributed by atoms with Gasteiger partial charge in [0.2, 0.25) is 0 Å². The highest BCUT2D eigenvalue weighted by atomic mass is 16.5. The van der Waals surface area contributed by atoms with Crippen LogP contribution in [0.25, 0.3) is 0 Å². The monoisotopic (exact) mass is 404 g/mol. The zero-order chi connectivity index (χ0) is 21.9. The molecule has 1 aromatic rings. The molecule has 0 aromatic heterocycles. The lowest BCUT2D eigenvalue weighted by molar-refractivity contribution is -0.143. The molecule has 0 radical (unpaired) electrons. The largest absolute Gasteiger partial charge is 0.469 e. The lowest BCUT2D eigenvalue weighted by Crippen LogP contribution is -2.45. The van der Waals surface area contributed by atoms with Crippen LogP contribution < -0.4 is 0 Å². The molecular formula is C20H24N2O7. The van der Waals surface area contributed by atoms with Gasteiger partial charge in [0.1, 0.15) is 6.54 Å². The van der Waals surface area contributed by atoms with Crippen molar-refractivity contribution in [1.82, 2.24) is 9.80 Å². The van der Waals surface area contributed by atoms with Crippen LogP contribution in [0.15, 0.2) is 18.2 Å². The fourth-order valence-electron chi connectivity index (χ4n) is 2.97. The number of hydrogen-bond donors (Lipinski definition) is 0. The second kappa shape index (κ2) is 8.42. The van der Waals surface area contributed by atoms with E-state index in [9.17, 15) is 24.0 Å². The second-order valence-electron chi connectivity index (χ2n) is 7.51. The fourth-order valence-corrected chi connectivity index (χ4v) is 2.97. The van der Waals surface area contributed by atoms with Crippen LogP contribution in [0, 0.1) is 0 Å². The molecule has 0 saturated carbocycles. The first-order valence-corrected chi connectivity index (χ1v) is 8.97. The lowest BCUT2D eigenvalue weighted by Gasteiger charge is -2.29. The summed E-state index contributed by atoms with van der Waals surface area (Å²) in [4.78, 5) is 63.6. The summed E-state index contributed by atoms with van der Waals surface area (Å²) in [7, 11) is 2.41. The first kappa shape index (κ1) is 22.1. The van der Waals surface area contributed by atoms with E-state index in [1.54, 1.807) is 20.8 Å². The Labute approximate surface area is 168 Å². The smallest absolute Gasteiger partial charge is 0.325 e. The molecule has 0 aliphatic carbocycles. The van der Waals surface area contributed by atoms with Gasteiger partial charge in [0, 0.05) is 17.6 Å². The first-order chi connectivity index (χ1) is 13.5. The van der Waals surface area contributed by atoms with E-state index in [4.69, 9.17) is 0 Å². The van der Waals surface area contributed by atoms with Crippen molar-refractivity contribution in [3.8, 4) is 0 Å². The standard InChI is InChI=1S/C20H24N2O7/c1-20(2,3)22-18(26)13-7-6-12(10-14(13)19(22)27)17(25)21(11-16(24)29-5)9-8-15(23)28-4/h6-7,10H,8-9,11H2,1-5H3. The molecule has 0 atom stereocenters. The molecule has 0 unspecified atom stereocenters. The summed E-state index contributed by atoms with van der Waals surface area (Å²) in [5.41, 5.74) is -0.249. The number of ether oxygens (including phenoxy) is 2. The summed E-state index contributed by atoms with van der Waals surface area (Å²) < 4.78 is 9.17. The minimum atomic E-state index is -0.713. The molecule has 29 heavy (non-hydrogen) atoms. The molecule has 1 aliphatic heterocycles. The molecule has 1 heterocycles. The summed E-state index contributed by atoms with van der Waals surface area (Å²) in [6.07, 6.45) is -0.112. The molecule has 9 nitrogen and oxygen atoms in total. The van der Waals surface area contributed by atoms with Crippen LogP contribution in [0.4, 0.5) is 0 Å². The van der Waals surface area contributed by atoms with Crippen molar-refractivity contribution in [2.75, 3.05) is 27.3 Å². The Kier molecular flexibility index (Phi) is 6.41. The average Bonchev–Trinajstić information content (AvgIpc) is 2.93. The number of carbonyl (C=O) groups excluding carboxylic acids is 5. The molecule has 0 bridgehead atoms. The maximum atomic E-state index is 12.9. The quantitative estimate of drug-likeness (QED) is 0.518. The number of esters is 2. The predicted molar refractivity (Wildman–Crippen MR) is 101 cm³/mol.